The van der Waals surface area contributed by atoms with E-state index >= 15 is 0 Å². The van der Waals surface area contributed by atoms with Crippen molar-refractivity contribution >= 4 is 29.5 Å². The summed E-state index contributed by atoms with van der Waals surface area (Å²) in [6.07, 6.45) is 2.38. The van der Waals surface area contributed by atoms with Crippen LogP contribution in [0.15, 0.2) is 24.3 Å². The van der Waals surface area contributed by atoms with Gasteiger partial charge in [0.25, 0.3) is 0 Å². The van der Waals surface area contributed by atoms with Gasteiger partial charge in [-0.3, -0.25) is 24.6 Å². The minimum atomic E-state index is -1.19. The van der Waals surface area contributed by atoms with Gasteiger partial charge in [-0.1, -0.05) is 24.3 Å². The number of esters is 1. The molecule has 0 saturated carbocycles. The van der Waals surface area contributed by atoms with Gasteiger partial charge in [-0.25, -0.2) is 0 Å². The van der Waals surface area contributed by atoms with Gasteiger partial charge >= 0.3 is 5.97 Å². The fraction of sp³-hybridized carbons (Fsp3) is 0.526. The predicted octanol–water partition coefficient (Wildman–Crippen LogP) is 1.54. The molecule has 2 aliphatic heterocycles. The largest absolute Gasteiger partial charge is 0.468 e. The van der Waals surface area contributed by atoms with Crippen molar-refractivity contribution in [1.29, 1.82) is 0 Å². The summed E-state index contributed by atoms with van der Waals surface area (Å²) in [7, 11) is 2.82. The Morgan fingerprint density at radius 3 is 2.62 bits per heavy atom. The molecule has 7 heteroatoms. The van der Waals surface area contributed by atoms with E-state index in [1.54, 1.807) is 11.8 Å². The molecule has 2 amide bonds. The van der Waals surface area contributed by atoms with E-state index in [-0.39, 0.29) is 11.8 Å². The second-order valence-corrected chi connectivity index (χ2v) is 7.91. The summed E-state index contributed by atoms with van der Waals surface area (Å²) < 4.78 is 5.08. The van der Waals surface area contributed by atoms with Crippen molar-refractivity contribution in [2.45, 2.75) is 24.9 Å². The fourth-order valence-corrected chi connectivity index (χ4v) is 4.84. The summed E-state index contributed by atoms with van der Waals surface area (Å²) in [6.45, 7) is 1.97. The Kier molecular flexibility index (Phi) is 5.12. The first-order valence-corrected chi connectivity index (χ1v) is 10.0. The van der Waals surface area contributed by atoms with Crippen molar-refractivity contribution in [1.82, 2.24) is 10.2 Å². The highest BCUT2D eigenvalue weighted by Gasteiger charge is 2.67. The first-order valence-electron chi connectivity index (χ1n) is 8.61. The van der Waals surface area contributed by atoms with Crippen molar-refractivity contribution in [3.63, 3.8) is 0 Å². The average Bonchev–Trinajstić information content (AvgIpc) is 3.10. The number of hydrogen-bond donors (Lipinski definition) is 1. The number of hydrogen-bond acceptors (Lipinski definition) is 6. The Hall–Kier alpha value is -1.86. The van der Waals surface area contributed by atoms with Crippen LogP contribution in [0.25, 0.3) is 0 Å². The SMILES string of the molecule is COC(=O)C1(CCSC)NC(c2ccccc2C)C2C(=O)N(C)C(=O)C21. The van der Waals surface area contributed by atoms with Gasteiger partial charge in [0.2, 0.25) is 11.8 Å². The molecule has 1 aromatic carbocycles. The van der Waals surface area contributed by atoms with Crippen LogP contribution < -0.4 is 5.32 Å². The molecule has 3 rings (SSSR count). The van der Waals surface area contributed by atoms with Gasteiger partial charge in [0.15, 0.2) is 0 Å². The quantitative estimate of drug-likeness (QED) is 0.621. The molecule has 26 heavy (non-hydrogen) atoms. The Labute approximate surface area is 157 Å². The summed E-state index contributed by atoms with van der Waals surface area (Å²) in [4.78, 5) is 39.8. The molecule has 0 radical (unpaired) electrons. The maximum atomic E-state index is 12.9. The molecule has 0 aliphatic carbocycles. The van der Waals surface area contributed by atoms with E-state index < -0.39 is 29.4 Å². The molecule has 4 atom stereocenters. The Bertz CT molecular complexity index is 753. The number of rotatable bonds is 5. The number of amides is 2. The minimum Gasteiger partial charge on any atom is -0.468 e. The number of benzene rings is 1. The van der Waals surface area contributed by atoms with Crippen LogP contribution in [0.1, 0.15) is 23.6 Å². The maximum Gasteiger partial charge on any atom is 0.326 e. The molecule has 1 aromatic rings. The van der Waals surface area contributed by atoms with Crippen LogP contribution in [0.4, 0.5) is 0 Å². The summed E-state index contributed by atoms with van der Waals surface area (Å²) in [6, 6.07) is 7.35. The van der Waals surface area contributed by atoms with Crippen LogP contribution in [0.2, 0.25) is 0 Å². The number of carbonyl (C=O) groups excluding carboxylic acids is 3. The molecule has 0 spiro atoms. The number of imide groups is 1. The number of thioether (sulfide) groups is 1. The molecule has 2 aliphatic rings. The van der Waals surface area contributed by atoms with Crippen molar-refractivity contribution in [2.75, 3.05) is 26.2 Å². The van der Waals surface area contributed by atoms with Crippen LogP contribution in [0, 0.1) is 18.8 Å². The van der Waals surface area contributed by atoms with Gasteiger partial charge in [0, 0.05) is 13.1 Å². The second-order valence-electron chi connectivity index (χ2n) is 6.92. The number of nitrogens with zero attached hydrogens (tertiary/aromatic N) is 1. The number of fused-ring (bicyclic) bond motifs is 1. The summed E-state index contributed by atoms with van der Waals surface area (Å²) >= 11 is 1.59. The monoisotopic (exact) mass is 376 g/mol. The maximum absolute atomic E-state index is 12.9. The number of likely N-dealkylation sites (tertiary alicyclic amines) is 1. The standard InChI is InChI=1S/C19H24N2O4S/c1-11-7-5-6-8-12(11)15-13-14(17(23)21(2)16(13)22)19(20-15,9-10-26-4)18(24)25-3/h5-8,13-15,20H,9-10H2,1-4H3. The molecular formula is C19H24N2O4S. The molecule has 2 saturated heterocycles. The topological polar surface area (TPSA) is 75.7 Å². The van der Waals surface area contributed by atoms with E-state index in [1.165, 1.54) is 14.2 Å². The molecule has 0 bridgehead atoms. The van der Waals surface area contributed by atoms with E-state index in [9.17, 15) is 14.4 Å². The normalized spacial score (nSPS) is 30.6. The third-order valence-corrected chi connectivity index (χ3v) is 6.26. The Balaban J connectivity index is 2.15. The van der Waals surface area contributed by atoms with Gasteiger partial charge in [-0.15, -0.1) is 0 Å². The number of aryl methyl sites for hydroxylation is 1. The first kappa shape index (κ1) is 18.9. The van der Waals surface area contributed by atoms with Gasteiger partial charge in [-0.2, -0.15) is 11.8 Å². The second kappa shape index (κ2) is 7.04. The van der Waals surface area contributed by atoms with Crippen molar-refractivity contribution < 1.29 is 19.1 Å². The van der Waals surface area contributed by atoms with Gasteiger partial charge in [0.1, 0.15) is 5.54 Å². The molecule has 6 nitrogen and oxygen atoms in total. The molecule has 2 heterocycles. The smallest absolute Gasteiger partial charge is 0.326 e. The fourth-order valence-electron chi connectivity index (χ4n) is 4.31. The van der Waals surface area contributed by atoms with Crippen molar-refractivity contribution in [3.8, 4) is 0 Å². The lowest BCUT2D eigenvalue weighted by Crippen LogP contribution is -2.56. The van der Waals surface area contributed by atoms with E-state index in [0.29, 0.717) is 12.2 Å². The van der Waals surface area contributed by atoms with Crippen LogP contribution in [0.3, 0.4) is 0 Å². The van der Waals surface area contributed by atoms with Crippen LogP contribution in [-0.2, 0) is 19.1 Å². The highest BCUT2D eigenvalue weighted by molar-refractivity contribution is 7.98. The highest BCUT2D eigenvalue weighted by Crippen LogP contribution is 2.50. The summed E-state index contributed by atoms with van der Waals surface area (Å²) in [5.74, 6) is -1.70. The first-order chi connectivity index (χ1) is 12.4. The number of ether oxygens (including phenoxy) is 1. The van der Waals surface area contributed by atoms with E-state index in [4.69, 9.17) is 4.74 Å². The molecular weight excluding hydrogens is 352 g/mol. The molecule has 2 fully saturated rings. The van der Waals surface area contributed by atoms with E-state index in [2.05, 4.69) is 5.32 Å². The van der Waals surface area contributed by atoms with E-state index in [1.807, 2.05) is 37.4 Å². The lowest BCUT2D eigenvalue weighted by Gasteiger charge is -2.32. The van der Waals surface area contributed by atoms with Crippen molar-refractivity contribution in [2.24, 2.45) is 11.8 Å². The Morgan fingerprint density at radius 2 is 2.00 bits per heavy atom. The van der Waals surface area contributed by atoms with Crippen molar-refractivity contribution in [3.05, 3.63) is 35.4 Å². The van der Waals surface area contributed by atoms with Crippen LogP contribution in [0.5, 0.6) is 0 Å². The number of methoxy groups -OCH3 is 1. The predicted molar refractivity (Wildman–Crippen MR) is 99.6 cm³/mol. The molecule has 140 valence electrons. The lowest BCUT2D eigenvalue weighted by molar-refractivity contribution is -0.154. The molecule has 4 unspecified atom stereocenters. The van der Waals surface area contributed by atoms with E-state index in [0.717, 1.165) is 16.0 Å². The van der Waals surface area contributed by atoms with Crippen LogP contribution in [-0.4, -0.2) is 54.4 Å². The van der Waals surface area contributed by atoms with Gasteiger partial charge in [-0.05, 0) is 36.5 Å². The average molecular weight is 376 g/mol. The number of nitrogens with one attached hydrogen (secondary N) is 1. The third-order valence-electron chi connectivity index (χ3n) is 5.65. The zero-order valence-corrected chi connectivity index (χ0v) is 16.3. The third kappa shape index (κ3) is 2.65. The summed E-state index contributed by atoms with van der Waals surface area (Å²) in [5.41, 5.74) is 0.769. The zero-order valence-electron chi connectivity index (χ0n) is 15.4. The highest BCUT2D eigenvalue weighted by atomic mass is 32.2. The van der Waals surface area contributed by atoms with Gasteiger partial charge in [0.05, 0.1) is 18.9 Å². The lowest BCUT2D eigenvalue weighted by atomic mass is 9.77. The molecule has 0 aromatic heterocycles. The van der Waals surface area contributed by atoms with Crippen LogP contribution >= 0.6 is 11.8 Å². The minimum absolute atomic E-state index is 0.240. The zero-order chi connectivity index (χ0) is 19.1. The molecule has 1 N–H and O–H groups in total. The Morgan fingerprint density at radius 1 is 1.31 bits per heavy atom. The van der Waals surface area contributed by atoms with Gasteiger partial charge < -0.3 is 4.74 Å². The number of carbonyl (C=O) groups is 3. The summed E-state index contributed by atoms with van der Waals surface area (Å²) in [5, 5.41) is 3.37.